The second-order valence-electron chi connectivity index (χ2n) is 7.89. The normalized spacial score (nSPS) is 16.5. The van der Waals surface area contributed by atoms with E-state index in [1.54, 1.807) is 24.4 Å². The quantitative estimate of drug-likeness (QED) is 0.587. The average molecular weight is 492 g/mol. The molecule has 0 bridgehead atoms. The van der Waals surface area contributed by atoms with E-state index in [1.807, 2.05) is 4.90 Å². The van der Waals surface area contributed by atoms with Crippen molar-refractivity contribution >= 4 is 39.9 Å². The number of aromatic hydroxyl groups is 1. The summed E-state index contributed by atoms with van der Waals surface area (Å²) in [5.74, 6) is -0.230. The van der Waals surface area contributed by atoms with Crippen LogP contribution in [-0.4, -0.2) is 35.4 Å². The molecule has 0 amide bonds. The highest BCUT2D eigenvalue weighted by Gasteiger charge is 2.34. The van der Waals surface area contributed by atoms with E-state index in [0.29, 0.717) is 39.2 Å². The Hall–Kier alpha value is -2.95. The maximum Gasteiger partial charge on any atom is 0.416 e. The first kappa shape index (κ1) is 21.9. The van der Waals surface area contributed by atoms with Gasteiger partial charge in [0, 0.05) is 36.1 Å². The summed E-state index contributed by atoms with van der Waals surface area (Å²) in [6.07, 6.45) is -3.09. The molecule has 6 nitrogen and oxygen atoms in total. The van der Waals surface area contributed by atoms with E-state index in [9.17, 15) is 18.3 Å². The van der Waals surface area contributed by atoms with Gasteiger partial charge < -0.3 is 15.7 Å². The summed E-state index contributed by atoms with van der Waals surface area (Å²) in [5.41, 5.74) is 6.34. The van der Waals surface area contributed by atoms with Crippen molar-refractivity contribution in [3.63, 3.8) is 0 Å². The second-order valence-corrected chi connectivity index (χ2v) is 9.30. The van der Waals surface area contributed by atoms with Gasteiger partial charge in [0.05, 0.1) is 22.0 Å². The minimum Gasteiger partial charge on any atom is -0.492 e. The number of hydrogen-bond donors (Lipinski definition) is 2. The average Bonchev–Trinajstić information content (AvgIpc) is 3.35. The van der Waals surface area contributed by atoms with Crippen LogP contribution < -0.4 is 21.2 Å². The summed E-state index contributed by atoms with van der Waals surface area (Å²) in [6, 6.07) is 9.05. The molecular formula is C22H17ClF3N5OS. The van der Waals surface area contributed by atoms with Crippen LogP contribution in [0.1, 0.15) is 21.6 Å². The highest BCUT2D eigenvalue weighted by Crippen LogP contribution is 2.40. The smallest absolute Gasteiger partial charge is 0.416 e. The van der Waals surface area contributed by atoms with Gasteiger partial charge in [-0.3, -0.25) is 0 Å². The van der Waals surface area contributed by atoms with Crippen LogP contribution in [0.4, 0.5) is 18.3 Å². The van der Waals surface area contributed by atoms with Gasteiger partial charge in [-0.2, -0.15) is 28.4 Å². The summed E-state index contributed by atoms with van der Waals surface area (Å²) in [5, 5.41) is 20.5. The van der Waals surface area contributed by atoms with Crippen LogP contribution in [0, 0.1) is 0 Å². The SMILES string of the molecule is NC1CN(c2nc(O)c(C(Cc3ccc(Cl)cc3C(F)(F)F)=c3ccc4c(c3)C=NN=4)s2)C1. The van der Waals surface area contributed by atoms with E-state index in [1.165, 1.54) is 23.5 Å². The van der Waals surface area contributed by atoms with E-state index >= 15 is 0 Å². The van der Waals surface area contributed by atoms with Crippen LogP contribution in [0.2, 0.25) is 5.02 Å². The predicted octanol–water partition coefficient (Wildman–Crippen LogP) is 3.08. The summed E-state index contributed by atoms with van der Waals surface area (Å²) in [6.45, 7) is 1.21. The molecule has 1 saturated heterocycles. The fourth-order valence-corrected chi connectivity index (χ4v) is 5.08. The van der Waals surface area contributed by atoms with Crippen LogP contribution in [-0.2, 0) is 12.6 Å². The third-order valence-electron chi connectivity index (χ3n) is 5.54. The zero-order chi connectivity index (χ0) is 23.3. The van der Waals surface area contributed by atoms with Crippen LogP contribution in [0.25, 0.3) is 5.57 Å². The number of nitrogens with two attached hydrogens (primary N) is 1. The molecule has 0 aliphatic carbocycles. The van der Waals surface area contributed by atoms with Crippen LogP contribution >= 0.6 is 22.9 Å². The van der Waals surface area contributed by atoms with Crippen molar-refractivity contribution in [2.24, 2.45) is 15.9 Å². The van der Waals surface area contributed by atoms with Gasteiger partial charge in [-0.25, -0.2) is 0 Å². The van der Waals surface area contributed by atoms with Crippen LogP contribution in [0.5, 0.6) is 5.88 Å². The van der Waals surface area contributed by atoms with Gasteiger partial charge in [0.2, 0.25) is 5.88 Å². The van der Waals surface area contributed by atoms with Gasteiger partial charge in [-0.1, -0.05) is 35.1 Å². The standard InChI is InChI=1S/C22H17ClF3N5OS/c23-14-3-1-12(17(7-14)22(24,25)26)6-16(11-2-4-18-13(5-11)8-28-30-18)19-20(32)29-21(33-19)31-9-15(27)10-31/h1-5,7-8,15,32H,6,9-10,27H2. The third kappa shape index (κ3) is 4.21. The van der Waals surface area contributed by atoms with Gasteiger partial charge in [0.1, 0.15) is 0 Å². The Kier molecular flexibility index (Phi) is 5.38. The molecule has 0 spiro atoms. The summed E-state index contributed by atoms with van der Waals surface area (Å²) >= 11 is 7.08. The first-order chi connectivity index (χ1) is 15.7. The van der Waals surface area contributed by atoms with Crippen molar-refractivity contribution < 1.29 is 18.3 Å². The van der Waals surface area contributed by atoms with E-state index in [0.717, 1.165) is 11.6 Å². The van der Waals surface area contributed by atoms with Crippen LogP contribution in [0.3, 0.4) is 0 Å². The minimum atomic E-state index is -4.58. The fourth-order valence-electron chi connectivity index (χ4n) is 3.86. The number of hydrogen-bond acceptors (Lipinski definition) is 7. The topological polar surface area (TPSA) is 87.1 Å². The largest absolute Gasteiger partial charge is 0.492 e. The van der Waals surface area contributed by atoms with Crippen molar-refractivity contribution in [3.05, 3.63) is 73.6 Å². The monoisotopic (exact) mass is 491 g/mol. The molecule has 0 saturated carbocycles. The van der Waals surface area contributed by atoms with Crippen molar-refractivity contribution in [1.29, 1.82) is 0 Å². The summed E-state index contributed by atoms with van der Waals surface area (Å²) < 4.78 is 41.3. The molecule has 2 aliphatic heterocycles. The summed E-state index contributed by atoms with van der Waals surface area (Å²) in [7, 11) is 0. The minimum absolute atomic E-state index is 0.0000230. The van der Waals surface area contributed by atoms with Gasteiger partial charge in [0.15, 0.2) is 5.13 Å². The maximum absolute atomic E-state index is 13.8. The number of rotatable bonds is 4. The molecule has 2 aliphatic rings. The molecule has 1 aromatic heterocycles. The van der Waals surface area contributed by atoms with E-state index in [-0.39, 0.29) is 28.9 Å². The molecule has 1 fully saturated rings. The molecule has 5 rings (SSSR count). The zero-order valence-electron chi connectivity index (χ0n) is 17.0. The Morgan fingerprint density at radius 1 is 1.21 bits per heavy atom. The number of fused-ring (bicyclic) bond motifs is 1. The molecule has 0 atom stereocenters. The number of aromatic nitrogens is 1. The van der Waals surface area contributed by atoms with Crippen molar-refractivity contribution in [3.8, 4) is 5.88 Å². The highest BCUT2D eigenvalue weighted by molar-refractivity contribution is 7.17. The summed E-state index contributed by atoms with van der Waals surface area (Å²) in [4.78, 5) is 6.58. The molecule has 2 aromatic carbocycles. The number of nitrogens with zero attached hydrogens (tertiary/aromatic N) is 4. The molecule has 33 heavy (non-hydrogen) atoms. The molecule has 0 unspecified atom stereocenters. The van der Waals surface area contributed by atoms with Crippen LogP contribution in [0.15, 0.2) is 46.6 Å². The number of halogens is 4. The maximum atomic E-state index is 13.8. The van der Waals surface area contributed by atoms with Gasteiger partial charge >= 0.3 is 6.18 Å². The van der Waals surface area contributed by atoms with E-state index < -0.39 is 11.7 Å². The Labute approximate surface area is 195 Å². The molecule has 3 N–H and O–H groups in total. The Bertz CT molecular complexity index is 1400. The van der Waals surface area contributed by atoms with Gasteiger partial charge in [-0.15, -0.1) is 0 Å². The Morgan fingerprint density at radius 2 is 2.00 bits per heavy atom. The number of benzene rings is 2. The lowest BCUT2D eigenvalue weighted by Gasteiger charge is -2.36. The lowest BCUT2D eigenvalue weighted by molar-refractivity contribution is -0.138. The number of thiazole rings is 1. The first-order valence-corrected chi connectivity index (χ1v) is 11.2. The predicted molar refractivity (Wildman–Crippen MR) is 121 cm³/mol. The molecule has 0 radical (unpaired) electrons. The van der Waals surface area contributed by atoms with Crippen molar-refractivity contribution in [1.82, 2.24) is 4.98 Å². The van der Waals surface area contributed by atoms with E-state index in [2.05, 4.69) is 15.2 Å². The van der Waals surface area contributed by atoms with Gasteiger partial charge in [-0.05, 0) is 40.6 Å². The Morgan fingerprint density at radius 3 is 2.73 bits per heavy atom. The highest BCUT2D eigenvalue weighted by atomic mass is 35.5. The lowest BCUT2D eigenvalue weighted by atomic mass is 9.96. The number of alkyl halides is 3. The van der Waals surface area contributed by atoms with Gasteiger partial charge in [0.25, 0.3) is 0 Å². The van der Waals surface area contributed by atoms with Crippen molar-refractivity contribution in [2.45, 2.75) is 18.6 Å². The second kappa shape index (κ2) is 8.12. The molecule has 11 heteroatoms. The van der Waals surface area contributed by atoms with E-state index in [4.69, 9.17) is 17.3 Å². The number of anilines is 1. The molecular weight excluding hydrogens is 475 g/mol. The third-order valence-corrected chi connectivity index (χ3v) is 6.94. The van der Waals surface area contributed by atoms with Crippen molar-refractivity contribution in [2.75, 3.05) is 18.0 Å². The molecule has 170 valence electrons. The lowest BCUT2D eigenvalue weighted by Crippen LogP contribution is -2.55. The fraction of sp³-hybridized carbons (Fsp3) is 0.227. The first-order valence-electron chi connectivity index (χ1n) is 9.99. The molecule has 3 heterocycles. The Balaban J connectivity index is 1.67. The molecule has 3 aromatic rings. The zero-order valence-corrected chi connectivity index (χ0v) is 18.5.